The van der Waals surface area contributed by atoms with E-state index in [4.69, 9.17) is 23.2 Å². The third-order valence-corrected chi connectivity index (χ3v) is 3.31. The first-order valence-corrected chi connectivity index (χ1v) is 6.27. The van der Waals surface area contributed by atoms with Gasteiger partial charge in [0.15, 0.2) is 0 Å². The number of hydrogen-bond acceptors (Lipinski definition) is 3. The van der Waals surface area contributed by atoms with Crippen LogP contribution in [0.15, 0.2) is 5.29 Å². The Morgan fingerprint density at radius 2 is 2.12 bits per heavy atom. The van der Waals surface area contributed by atoms with Crippen LogP contribution in [0, 0.1) is 4.91 Å². The molecule has 0 radical (unpaired) electrons. The van der Waals surface area contributed by atoms with Gasteiger partial charge in [0.2, 0.25) is 0 Å². The number of carbonyl (C=O) groups excluding carboxylic acids is 1. The molecule has 0 aromatic carbocycles. The van der Waals surface area contributed by atoms with Gasteiger partial charge in [-0.1, -0.05) is 12.8 Å². The van der Waals surface area contributed by atoms with Crippen molar-refractivity contribution >= 4 is 29.2 Å². The molecule has 16 heavy (non-hydrogen) atoms. The van der Waals surface area contributed by atoms with Crippen LogP contribution < -0.4 is 5.32 Å². The predicted octanol–water partition coefficient (Wildman–Crippen LogP) is 2.47. The molecule has 0 spiro atoms. The molecule has 0 aromatic heterocycles. The Bertz CT molecular complexity index is 253. The van der Waals surface area contributed by atoms with Crippen LogP contribution in [0.5, 0.6) is 0 Å². The van der Waals surface area contributed by atoms with Gasteiger partial charge in [0.05, 0.1) is 17.2 Å². The minimum atomic E-state index is -0.520. The maximum Gasteiger partial charge on any atom is 0.340 e. The second-order valence-electron chi connectivity index (χ2n) is 3.75. The summed E-state index contributed by atoms with van der Waals surface area (Å²) in [4.78, 5) is 22.0. The molecule has 0 aromatic rings. The minimum Gasteiger partial charge on any atom is -0.332 e. The molecule has 1 saturated carbocycles. The van der Waals surface area contributed by atoms with Crippen molar-refractivity contribution < 1.29 is 4.79 Å². The summed E-state index contributed by atoms with van der Waals surface area (Å²) in [7, 11) is 0. The van der Waals surface area contributed by atoms with E-state index in [1.807, 2.05) is 0 Å². The first kappa shape index (κ1) is 13.5. The number of alkyl halides is 2. The lowest BCUT2D eigenvalue weighted by atomic mass is 9.95. The zero-order valence-corrected chi connectivity index (χ0v) is 10.4. The number of amides is 2. The van der Waals surface area contributed by atoms with Crippen LogP contribution in [-0.2, 0) is 0 Å². The van der Waals surface area contributed by atoms with Crippen molar-refractivity contribution in [2.24, 2.45) is 5.29 Å². The molecule has 2 amide bonds. The molecule has 0 saturated heterocycles. The summed E-state index contributed by atoms with van der Waals surface area (Å²) in [5.74, 6) is 0.175. The Hall–Kier alpha value is -0.550. The molecule has 7 heteroatoms. The van der Waals surface area contributed by atoms with E-state index in [-0.39, 0.29) is 23.8 Å². The molecule has 1 fully saturated rings. The first-order chi connectivity index (χ1) is 7.69. The van der Waals surface area contributed by atoms with Crippen LogP contribution >= 0.6 is 23.2 Å². The number of rotatable bonds is 4. The van der Waals surface area contributed by atoms with Crippen LogP contribution in [0.25, 0.3) is 0 Å². The van der Waals surface area contributed by atoms with E-state index in [0.29, 0.717) is 0 Å². The van der Waals surface area contributed by atoms with E-state index >= 15 is 0 Å². The average molecular weight is 268 g/mol. The van der Waals surface area contributed by atoms with Crippen molar-refractivity contribution in [3.8, 4) is 0 Å². The third-order valence-electron chi connectivity index (χ3n) is 2.62. The van der Waals surface area contributed by atoms with E-state index in [1.54, 1.807) is 0 Å². The normalized spacial score (nSPS) is 24.9. The van der Waals surface area contributed by atoms with Crippen LogP contribution in [0.1, 0.15) is 25.7 Å². The largest absolute Gasteiger partial charge is 0.340 e. The molecule has 1 aliphatic rings. The fourth-order valence-electron chi connectivity index (χ4n) is 1.74. The van der Waals surface area contributed by atoms with Gasteiger partial charge in [-0.05, 0) is 12.8 Å². The van der Waals surface area contributed by atoms with Crippen molar-refractivity contribution in [1.29, 1.82) is 0 Å². The molecular weight excluding hydrogens is 253 g/mol. The number of halogens is 2. The SMILES string of the molecule is O=NN(CCCl)C(=O)N[C@H]1CCCC[C@@H]1Cl. The molecule has 92 valence electrons. The van der Waals surface area contributed by atoms with Crippen LogP contribution in [0.4, 0.5) is 4.79 Å². The fourth-order valence-corrected chi connectivity index (χ4v) is 2.24. The van der Waals surface area contributed by atoms with E-state index in [0.717, 1.165) is 30.7 Å². The van der Waals surface area contributed by atoms with E-state index in [2.05, 4.69) is 10.6 Å². The van der Waals surface area contributed by atoms with Gasteiger partial charge in [-0.15, -0.1) is 28.1 Å². The van der Waals surface area contributed by atoms with Crippen molar-refractivity contribution in [2.45, 2.75) is 37.1 Å². The summed E-state index contributed by atoms with van der Waals surface area (Å²) in [5.41, 5.74) is 0. The van der Waals surface area contributed by atoms with Gasteiger partial charge in [-0.3, -0.25) is 0 Å². The highest BCUT2D eigenvalue weighted by Gasteiger charge is 2.26. The Morgan fingerprint density at radius 3 is 2.69 bits per heavy atom. The molecule has 5 nitrogen and oxygen atoms in total. The van der Waals surface area contributed by atoms with Gasteiger partial charge in [-0.25, -0.2) is 4.79 Å². The van der Waals surface area contributed by atoms with E-state index < -0.39 is 6.03 Å². The molecule has 1 aliphatic carbocycles. The zero-order chi connectivity index (χ0) is 12.0. The van der Waals surface area contributed by atoms with Gasteiger partial charge in [0.25, 0.3) is 0 Å². The first-order valence-electron chi connectivity index (χ1n) is 5.30. The summed E-state index contributed by atoms with van der Waals surface area (Å²) >= 11 is 11.5. The minimum absolute atomic E-state index is 0.0674. The molecule has 2 atom stereocenters. The molecular formula is C9H15Cl2N3O2. The number of urea groups is 1. The summed E-state index contributed by atoms with van der Waals surface area (Å²) in [6, 6.07) is -0.601. The highest BCUT2D eigenvalue weighted by atomic mass is 35.5. The van der Waals surface area contributed by atoms with Crippen LogP contribution in [0.2, 0.25) is 0 Å². The summed E-state index contributed by atoms with van der Waals surface area (Å²) < 4.78 is 0. The molecule has 0 unspecified atom stereocenters. The van der Waals surface area contributed by atoms with Crippen molar-refractivity contribution in [3.63, 3.8) is 0 Å². The fraction of sp³-hybridized carbons (Fsp3) is 0.889. The number of carbonyl (C=O) groups is 1. The number of nitrogens with one attached hydrogen (secondary N) is 1. The lowest BCUT2D eigenvalue weighted by Gasteiger charge is -2.28. The highest BCUT2D eigenvalue weighted by molar-refractivity contribution is 6.21. The number of hydrogen-bond donors (Lipinski definition) is 1. The average Bonchev–Trinajstić information content (AvgIpc) is 2.29. The Balaban J connectivity index is 2.44. The van der Waals surface area contributed by atoms with Crippen LogP contribution in [0.3, 0.4) is 0 Å². The third kappa shape index (κ3) is 3.79. The summed E-state index contributed by atoms with van der Waals surface area (Å²) in [6.07, 6.45) is 3.85. The summed E-state index contributed by atoms with van der Waals surface area (Å²) in [6.45, 7) is 0.108. The molecule has 1 N–H and O–H groups in total. The zero-order valence-electron chi connectivity index (χ0n) is 8.86. The maximum absolute atomic E-state index is 11.6. The molecule has 0 heterocycles. The van der Waals surface area contributed by atoms with Crippen LogP contribution in [-0.4, -0.2) is 34.9 Å². The highest BCUT2D eigenvalue weighted by Crippen LogP contribution is 2.23. The number of nitrogens with zero attached hydrogens (tertiary/aromatic N) is 2. The van der Waals surface area contributed by atoms with Gasteiger partial charge in [0, 0.05) is 11.9 Å². The second kappa shape index (κ2) is 6.91. The monoisotopic (exact) mass is 267 g/mol. The van der Waals surface area contributed by atoms with E-state index in [9.17, 15) is 9.70 Å². The quantitative estimate of drug-likeness (QED) is 0.483. The smallest absolute Gasteiger partial charge is 0.332 e. The second-order valence-corrected chi connectivity index (χ2v) is 4.69. The van der Waals surface area contributed by atoms with Gasteiger partial charge < -0.3 is 5.32 Å². The Morgan fingerprint density at radius 1 is 1.44 bits per heavy atom. The molecule has 0 bridgehead atoms. The lowest BCUT2D eigenvalue weighted by molar-refractivity contribution is 0.194. The Kier molecular flexibility index (Phi) is 5.84. The van der Waals surface area contributed by atoms with Crippen molar-refractivity contribution in [2.75, 3.05) is 12.4 Å². The van der Waals surface area contributed by atoms with Gasteiger partial charge >= 0.3 is 6.03 Å². The topological polar surface area (TPSA) is 61.8 Å². The number of nitroso groups, excluding NO2 is 1. The summed E-state index contributed by atoms with van der Waals surface area (Å²) in [5, 5.41) is 6.03. The maximum atomic E-state index is 11.6. The Labute approximate surface area is 104 Å². The molecule has 0 aliphatic heterocycles. The molecule has 1 rings (SSSR count). The standard InChI is InChI=1S/C9H15Cl2N3O2/c10-5-6-14(13-16)9(15)12-8-4-2-1-3-7(8)11/h7-8H,1-6H2,(H,12,15)/t7-,8-/m0/s1. The van der Waals surface area contributed by atoms with Gasteiger partial charge in [-0.2, -0.15) is 5.01 Å². The van der Waals surface area contributed by atoms with Crippen molar-refractivity contribution in [1.82, 2.24) is 10.3 Å². The van der Waals surface area contributed by atoms with E-state index in [1.165, 1.54) is 0 Å². The lowest BCUT2D eigenvalue weighted by Crippen LogP contribution is -2.47. The van der Waals surface area contributed by atoms with Crippen molar-refractivity contribution in [3.05, 3.63) is 4.91 Å². The predicted molar refractivity (Wildman–Crippen MR) is 63.6 cm³/mol. The van der Waals surface area contributed by atoms with Gasteiger partial charge in [0.1, 0.15) is 0 Å².